The van der Waals surface area contributed by atoms with Crippen LogP contribution in [0.15, 0.2) is 42.7 Å². The van der Waals surface area contributed by atoms with Crippen LogP contribution in [0.25, 0.3) is 5.00 Å². The SMILES string of the molecule is COC(=O)c1ccc(Cl)cc1NC(=O)N[C@@H](C)c1c(-n2cccc2)sc2c1CCCC2. The van der Waals surface area contributed by atoms with Gasteiger partial charge in [0.25, 0.3) is 0 Å². The van der Waals surface area contributed by atoms with Gasteiger partial charge in [-0.25, -0.2) is 9.59 Å². The van der Waals surface area contributed by atoms with E-state index in [2.05, 4.69) is 15.2 Å². The molecule has 2 heterocycles. The molecular formula is C23H24ClN3O3S. The molecule has 4 rings (SSSR count). The van der Waals surface area contributed by atoms with Crippen LogP contribution in [0, 0.1) is 0 Å². The van der Waals surface area contributed by atoms with Crippen molar-refractivity contribution in [2.45, 2.75) is 38.6 Å². The second kappa shape index (κ2) is 9.16. The maximum absolute atomic E-state index is 12.8. The van der Waals surface area contributed by atoms with E-state index in [0.29, 0.717) is 10.7 Å². The van der Waals surface area contributed by atoms with E-state index in [1.807, 2.05) is 31.5 Å². The van der Waals surface area contributed by atoms with E-state index in [0.717, 1.165) is 29.8 Å². The van der Waals surface area contributed by atoms with Crippen LogP contribution >= 0.6 is 22.9 Å². The van der Waals surface area contributed by atoms with Gasteiger partial charge >= 0.3 is 12.0 Å². The van der Waals surface area contributed by atoms with Crippen LogP contribution in [0.3, 0.4) is 0 Å². The summed E-state index contributed by atoms with van der Waals surface area (Å²) in [5, 5.41) is 7.35. The van der Waals surface area contributed by atoms with Gasteiger partial charge in [-0.2, -0.15) is 0 Å². The highest BCUT2D eigenvalue weighted by Crippen LogP contribution is 2.40. The number of nitrogens with one attached hydrogen (secondary N) is 2. The summed E-state index contributed by atoms with van der Waals surface area (Å²) in [6, 6.07) is 8.04. The van der Waals surface area contributed by atoms with Gasteiger partial charge in [-0.3, -0.25) is 0 Å². The van der Waals surface area contributed by atoms with Crippen molar-refractivity contribution in [3.63, 3.8) is 0 Å². The Morgan fingerprint density at radius 3 is 2.68 bits per heavy atom. The molecule has 1 aliphatic rings. The molecule has 2 amide bonds. The fourth-order valence-electron chi connectivity index (χ4n) is 4.02. The molecule has 3 aromatic rings. The molecule has 1 aliphatic carbocycles. The van der Waals surface area contributed by atoms with E-state index in [1.165, 1.54) is 36.1 Å². The lowest BCUT2D eigenvalue weighted by atomic mass is 9.93. The van der Waals surface area contributed by atoms with Gasteiger partial charge in [0, 0.05) is 27.9 Å². The lowest BCUT2D eigenvalue weighted by Gasteiger charge is -2.20. The number of esters is 1. The summed E-state index contributed by atoms with van der Waals surface area (Å²) in [6.07, 6.45) is 8.52. The second-order valence-corrected chi connectivity index (χ2v) is 9.04. The highest BCUT2D eigenvalue weighted by Gasteiger charge is 2.26. The van der Waals surface area contributed by atoms with Gasteiger partial charge < -0.3 is 19.9 Å². The molecular weight excluding hydrogens is 434 g/mol. The number of nitrogens with zero attached hydrogens (tertiary/aromatic N) is 1. The van der Waals surface area contributed by atoms with Gasteiger partial charge in [0.2, 0.25) is 0 Å². The number of hydrogen-bond donors (Lipinski definition) is 2. The Hall–Kier alpha value is -2.77. The predicted molar refractivity (Wildman–Crippen MR) is 124 cm³/mol. The number of urea groups is 1. The van der Waals surface area contributed by atoms with Crippen molar-refractivity contribution in [1.29, 1.82) is 0 Å². The summed E-state index contributed by atoms with van der Waals surface area (Å²) in [6.45, 7) is 1.99. The first kappa shape index (κ1) is 21.5. The largest absolute Gasteiger partial charge is 0.465 e. The Balaban J connectivity index is 1.59. The van der Waals surface area contributed by atoms with Crippen molar-refractivity contribution >= 4 is 40.6 Å². The lowest BCUT2D eigenvalue weighted by Crippen LogP contribution is -2.32. The average Bonchev–Trinajstić information content (AvgIpc) is 3.40. The molecule has 162 valence electrons. The predicted octanol–water partition coefficient (Wildman–Crippen LogP) is 5.74. The zero-order valence-electron chi connectivity index (χ0n) is 17.4. The number of ether oxygens (including phenoxy) is 1. The molecule has 6 nitrogen and oxygen atoms in total. The quantitative estimate of drug-likeness (QED) is 0.480. The van der Waals surface area contributed by atoms with Crippen LogP contribution in [0.5, 0.6) is 0 Å². The highest BCUT2D eigenvalue weighted by molar-refractivity contribution is 7.15. The number of benzene rings is 1. The molecule has 0 saturated carbocycles. The first-order valence-electron chi connectivity index (χ1n) is 10.2. The number of methoxy groups -OCH3 is 1. The summed E-state index contributed by atoms with van der Waals surface area (Å²) in [4.78, 5) is 26.3. The second-order valence-electron chi connectivity index (χ2n) is 7.52. The zero-order valence-corrected chi connectivity index (χ0v) is 19.0. The number of aromatic nitrogens is 1. The standard InChI is InChI=1S/C23H24ClN3O3S/c1-14(25-23(29)26-18-13-15(24)9-10-16(18)22(28)30-2)20-17-7-3-4-8-19(17)31-21(20)27-11-5-6-12-27/h5-6,9-14H,3-4,7-8H2,1-2H3,(H2,25,26,29)/t14-/m0/s1. The van der Waals surface area contributed by atoms with Crippen LogP contribution in [0.2, 0.25) is 5.02 Å². The molecule has 0 radical (unpaired) electrons. The molecule has 0 unspecified atom stereocenters. The normalized spacial score (nSPS) is 13.9. The van der Waals surface area contributed by atoms with Crippen LogP contribution in [-0.2, 0) is 17.6 Å². The molecule has 8 heteroatoms. The molecule has 31 heavy (non-hydrogen) atoms. The summed E-state index contributed by atoms with van der Waals surface area (Å²) < 4.78 is 6.91. The number of halogens is 1. The molecule has 0 aliphatic heterocycles. The minimum atomic E-state index is -0.540. The average molecular weight is 458 g/mol. The topological polar surface area (TPSA) is 72.4 Å². The number of amides is 2. The van der Waals surface area contributed by atoms with Gasteiger partial charge in [0.05, 0.1) is 24.4 Å². The molecule has 1 atom stereocenters. The van der Waals surface area contributed by atoms with Gasteiger partial charge in [0.15, 0.2) is 0 Å². The number of hydrogen-bond acceptors (Lipinski definition) is 4. The van der Waals surface area contributed by atoms with Crippen molar-refractivity contribution < 1.29 is 14.3 Å². The number of anilines is 1. The molecule has 0 fully saturated rings. The third kappa shape index (κ3) is 4.48. The van der Waals surface area contributed by atoms with E-state index in [9.17, 15) is 9.59 Å². The summed E-state index contributed by atoms with van der Waals surface area (Å²) in [5.74, 6) is -0.540. The molecule has 0 spiro atoms. The highest BCUT2D eigenvalue weighted by atomic mass is 35.5. The molecule has 2 aromatic heterocycles. The summed E-state index contributed by atoms with van der Waals surface area (Å²) >= 11 is 7.87. The monoisotopic (exact) mass is 457 g/mol. The van der Waals surface area contributed by atoms with Gasteiger partial charge in [0.1, 0.15) is 5.00 Å². The third-order valence-electron chi connectivity index (χ3n) is 5.45. The van der Waals surface area contributed by atoms with E-state index in [1.54, 1.807) is 17.4 Å². The Morgan fingerprint density at radius 1 is 1.19 bits per heavy atom. The smallest absolute Gasteiger partial charge is 0.339 e. The van der Waals surface area contributed by atoms with Crippen molar-refractivity contribution in [1.82, 2.24) is 9.88 Å². The molecule has 0 saturated heterocycles. The summed E-state index contributed by atoms with van der Waals surface area (Å²) in [5.41, 5.74) is 3.06. The first-order chi connectivity index (χ1) is 15.0. The van der Waals surface area contributed by atoms with Crippen LogP contribution in [0.1, 0.15) is 52.2 Å². The van der Waals surface area contributed by atoms with Crippen molar-refractivity contribution in [3.05, 3.63) is 69.3 Å². The summed E-state index contributed by atoms with van der Waals surface area (Å²) in [7, 11) is 1.30. The van der Waals surface area contributed by atoms with Crippen molar-refractivity contribution in [2.75, 3.05) is 12.4 Å². The molecule has 2 N–H and O–H groups in total. The van der Waals surface area contributed by atoms with E-state index in [4.69, 9.17) is 16.3 Å². The van der Waals surface area contributed by atoms with Crippen molar-refractivity contribution in [2.24, 2.45) is 0 Å². The van der Waals surface area contributed by atoms with E-state index >= 15 is 0 Å². The maximum atomic E-state index is 12.8. The number of rotatable bonds is 5. The Bertz CT molecular complexity index is 1110. The van der Waals surface area contributed by atoms with Gasteiger partial charge in [-0.1, -0.05) is 11.6 Å². The zero-order chi connectivity index (χ0) is 22.0. The Labute approximate surface area is 190 Å². The lowest BCUT2D eigenvalue weighted by molar-refractivity contribution is 0.0602. The van der Waals surface area contributed by atoms with Crippen LogP contribution in [0.4, 0.5) is 10.5 Å². The molecule has 1 aromatic carbocycles. The van der Waals surface area contributed by atoms with Gasteiger partial charge in [-0.05, 0) is 68.5 Å². The first-order valence-corrected chi connectivity index (χ1v) is 11.4. The maximum Gasteiger partial charge on any atom is 0.339 e. The van der Waals surface area contributed by atoms with E-state index < -0.39 is 12.0 Å². The number of aryl methyl sites for hydroxylation is 1. The number of carbonyl (C=O) groups excluding carboxylic acids is 2. The number of carbonyl (C=O) groups is 2. The number of fused-ring (bicyclic) bond motifs is 1. The Morgan fingerprint density at radius 2 is 1.94 bits per heavy atom. The minimum absolute atomic E-state index is 0.212. The van der Waals surface area contributed by atoms with Crippen LogP contribution < -0.4 is 10.6 Å². The molecule has 0 bridgehead atoms. The van der Waals surface area contributed by atoms with E-state index in [-0.39, 0.29) is 11.6 Å². The fraction of sp³-hybridized carbons (Fsp3) is 0.304. The number of thiophene rings is 1. The minimum Gasteiger partial charge on any atom is -0.465 e. The fourth-order valence-corrected chi connectivity index (χ4v) is 5.64. The van der Waals surface area contributed by atoms with Gasteiger partial charge in [-0.15, -0.1) is 11.3 Å². The van der Waals surface area contributed by atoms with Crippen molar-refractivity contribution in [3.8, 4) is 5.00 Å². The van der Waals surface area contributed by atoms with Crippen LogP contribution in [-0.4, -0.2) is 23.7 Å². The Kier molecular flexibility index (Phi) is 6.34. The third-order valence-corrected chi connectivity index (χ3v) is 7.00.